The number of nitro groups is 1. The first-order chi connectivity index (χ1) is 11.1. The van der Waals surface area contributed by atoms with Crippen LogP contribution in [0.3, 0.4) is 0 Å². The summed E-state index contributed by atoms with van der Waals surface area (Å²) >= 11 is 0. The molecule has 3 rings (SSSR count). The van der Waals surface area contributed by atoms with E-state index in [2.05, 4.69) is 10.5 Å². The number of non-ortho nitro benzene ring substituents is 1. The molecule has 1 aromatic carbocycles. The lowest BCUT2D eigenvalue weighted by Crippen LogP contribution is -2.43. The Kier molecular flexibility index (Phi) is 4.35. The van der Waals surface area contributed by atoms with Crippen molar-refractivity contribution in [2.24, 2.45) is 11.0 Å². The molecule has 0 aromatic heterocycles. The number of amides is 1. The second-order valence-corrected chi connectivity index (χ2v) is 5.54. The standard InChI is InChI=1S/C15H17N3O5/c19-14(13-2-1-7-15(13)22-8-9-23-15)17-16-10-11-3-5-12(6-4-11)18(20)21/h3-6,10,13H,1-2,7-9H2,(H,17,19). The van der Waals surface area contributed by atoms with Crippen LogP contribution in [0.1, 0.15) is 24.8 Å². The van der Waals surface area contributed by atoms with Gasteiger partial charge in [0.1, 0.15) is 0 Å². The fraction of sp³-hybridized carbons (Fsp3) is 0.467. The molecule has 1 N–H and O–H groups in total. The normalized spacial score (nSPS) is 22.7. The molecule has 1 amide bonds. The number of hydrazone groups is 1. The Bertz CT molecular complexity index is 617. The minimum Gasteiger partial charge on any atom is -0.347 e. The molecule has 1 saturated heterocycles. The first-order valence-corrected chi connectivity index (χ1v) is 7.46. The number of carbonyl (C=O) groups is 1. The number of carbonyl (C=O) groups excluding carboxylic acids is 1. The van der Waals surface area contributed by atoms with Crippen molar-refractivity contribution in [3.63, 3.8) is 0 Å². The van der Waals surface area contributed by atoms with E-state index in [-0.39, 0.29) is 17.5 Å². The Morgan fingerprint density at radius 1 is 1.35 bits per heavy atom. The zero-order valence-electron chi connectivity index (χ0n) is 12.4. The lowest BCUT2D eigenvalue weighted by atomic mass is 10.0. The highest BCUT2D eigenvalue weighted by Crippen LogP contribution is 2.42. The van der Waals surface area contributed by atoms with Gasteiger partial charge in [-0.2, -0.15) is 5.10 Å². The summed E-state index contributed by atoms with van der Waals surface area (Å²) in [4.78, 5) is 22.4. The van der Waals surface area contributed by atoms with Crippen LogP contribution in [0.25, 0.3) is 0 Å². The van der Waals surface area contributed by atoms with Gasteiger partial charge in [-0.1, -0.05) is 0 Å². The number of rotatable bonds is 4. The van der Waals surface area contributed by atoms with Crippen LogP contribution in [0.5, 0.6) is 0 Å². The van der Waals surface area contributed by atoms with Crippen molar-refractivity contribution in [3.8, 4) is 0 Å². The number of hydrogen-bond acceptors (Lipinski definition) is 6. The van der Waals surface area contributed by atoms with Crippen molar-refractivity contribution in [3.05, 3.63) is 39.9 Å². The molecular formula is C15H17N3O5. The Morgan fingerprint density at radius 3 is 2.70 bits per heavy atom. The summed E-state index contributed by atoms with van der Waals surface area (Å²) in [5.74, 6) is -1.38. The molecule has 122 valence electrons. The van der Waals surface area contributed by atoms with Gasteiger partial charge in [-0.25, -0.2) is 5.43 Å². The minimum absolute atomic E-state index is 0.00890. The molecule has 1 saturated carbocycles. The molecule has 1 heterocycles. The zero-order chi connectivity index (χ0) is 16.3. The number of nitro benzene ring substituents is 1. The minimum atomic E-state index is -0.785. The largest absolute Gasteiger partial charge is 0.347 e. The predicted octanol–water partition coefficient (Wildman–Crippen LogP) is 1.59. The summed E-state index contributed by atoms with van der Waals surface area (Å²) in [7, 11) is 0. The van der Waals surface area contributed by atoms with Crippen molar-refractivity contribution in [1.82, 2.24) is 5.43 Å². The smallest absolute Gasteiger partial charge is 0.269 e. The maximum Gasteiger partial charge on any atom is 0.269 e. The van der Waals surface area contributed by atoms with Gasteiger partial charge < -0.3 is 9.47 Å². The zero-order valence-corrected chi connectivity index (χ0v) is 12.4. The monoisotopic (exact) mass is 319 g/mol. The van der Waals surface area contributed by atoms with Gasteiger partial charge in [-0.15, -0.1) is 0 Å². The van der Waals surface area contributed by atoms with Crippen LogP contribution in [-0.4, -0.2) is 36.0 Å². The van der Waals surface area contributed by atoms with Crippen LogP contribution in [0.15, 0.2) is 29.4 Å². The Hall–Kier alpha value is -2.32. The number of benzene rings is 1. The Balaban J connectivity index is 1.59. The van der Waals surface area contributed by atoms with E-state index in [1.54, 1.807) is 12.1 Å². The van der Waals surface area contributed by atoms with E-state index in [1.807, 2.05) is 0 Å². The van der Waals surface area contributed by atoms with Gasteiger partial charge in [0, 0.05) is 18.6 Å². The summed E-state index contributed by atoms with van der Waals surface area (Å²) in [6.07, 6.45) is 3.75. The Labute approximate surface area is 132 Å². The quantitative estimate of drug-likeness (QED) is 0.515. The fourth-order valence-corrected chi connectivity index (χ4v) is 3.02. The molecule has 2 aliphatic rings. The van der Waals surface area contributed by atoms with Crippen molar-refractivity contribution in [2.75, 3.05) is 13.2 Å². The number of hydrogen-bond donors (Lipinski definition) is 1. The van der Waals surface area contributed by atoms with Crippen LogP contribution in [0, 0.1) is 16.0 Å². The summed E-state index contributed by atoms with van der Waals surface area (Å²) < 4.78 is 11.3. The highest BCUT2D eigenvalue weighted by Gasteiger charge is 2.51. The molecule has 0 radical (unpaired) electrons. The van der Waals surface area contributed by atoms with Crippen molar-refractivity contribution >= 4 is 17.8 Å². The van der Waals surface area contributed by atoms with Crippen LogP contribution in [-0.2, 0) is 14.3 Å². The van der Waals surface area contributed by atoms with Crippen molar-refractivity contribution in [2.45, 2.75) is 25.0 Å². The van der Waals surface area contributed by atoms with Gasteiger partial charge in [0.05, 0.1) is 30.3 Å². The molecule has 1 aliphatic carbocycles. The van der Waals surface area contributed by atoms with Gasteiger partial charge in [-0.05, 0) is 30.5 Å². The predicted molar refractivity (Wildman–Crippen MR) is 80.8 cm³/mol. The molecule has 8 heteroatoms. The molecule has 1 spiro atoms. The van der Waals surface area contributed by atoms with Gasteiger partial charge in [0.25, 0.3) is 5.69 Å². The summed E-state index contributed by atoms with van der Waals surface area (Å²) in [5, 5.41) is 14.5. The van der Waals surface area contributed by atoms with Crippen molar-refractivity contribution in [1.29, 1.82) is 0 Å². The summed E-state index contributed by atoms with van der Waals surface area (Å²) in [6.45, 7) is 1.02. The summed E-state index contributed by atoms with van der Waals surface area (Å²) in [5.41, 5.74) is 3.16. The van der Waals surface area contributed by atoms with E-state index in [4.69, 9.17) is 9.47 Å². The van der Waals surface area contributed by atoms with Crippen LogP contribution >= 0.6 is 0 Å². The van der Waals surface area contributed by atoms with Gasteiger partial charge in [0.15, 0.2) is 5.79 Å². The molecule has 8 nitrogen and oxygen atoms in total. The molecule has 0 bridgehead atoms. The number of nitrogens with zero attached hydrogens (tertiary/aromatic N) is 2. The first-order valence-electron chi connectivity index (χ1n) is 7.46. The third kappa shape index (κ3) is 3.22. The lowest BCUT2D eigenvalue weighted by Gasteiger charge is -2.27. The second-order valence-electron chi connectivity index (χ2n) is 5.54. The number of ether oxygens (including phenoxy) is 2. The topological polar surface area (TPSA) is 103 Å². The van der Waals surface area contributed by atoms with E-state index in [0.29, 0.717) is 25.2 Å². The fourth-order valence-electron chi connectivity index (χ4n) is 3.02. The maximum absolute atomic E-state index is 12.3. The molecule has 2 fully saturated rings. The van der Waals surface area contributed by atoms with Crippen molar-refractivity contribution < 1.29 is 19.2 Å². The molecule has 1 aliphatic heterocycles. The summed E-state index contributed by atoms with van der Waals surface area (Å²) in [6, 6.07) is 5.90. The molecule has 1 aromatic rings. The highest BCUT2D eigenvalue weighted by atomic mass is 16.7. The van der Waals surface area contributed by atoms with Crippen LogP contribution in [0.4, 0.5) is 5.69 Å². The maximum atomic E-state index is 12.3. The molecule has 1 unspecified atom stereocenters. The van der Waals surface area contributed by atoms with E-state index in [0.717, 1.165) is 12.8 Å². The van der Waals surface area contributed by atoms with E-state index < -0.39 is 10.7 Å². The third-order valence-electron chi connectivity index (χ3n) is 4.13. The third-order valence-corrected chi connectivity index (χ3v) is 4.13. The van der Waals surface area contributed by atoms with Crippen LogP contribution < -0.4 is 5.43 Å². The van der Waals surface area contributed by atoms with Gasteiger partial charge >= 0.3 is 0 Å². The van der Waals surface area contributed by atoms with E-state index >= 15 is 0 Å². The average Bonchev–Trinajstić information content (AvgIpc) is 3.18. The highest BCUT2D eigenvalue weighted by molar-refractivity contribution is 5.84. The number of nitrogens with one attached hydrogen (secondary N) is 1. The lowest BCUT2D eigenvalue weighted by molar-refractivity contribution is -0.384. The average molecular weight is 319 g/mol. The Morgan fingerprint density at radius 2 is 2.04 bits per heavy atom. The van der Waals surface area contributed by atoms with E-state index in [9.17, 15) is 14.9 Å². The van der Waals surface area contributed by atoms with Gasteiger partial charge in [0.2, 0.25) is 5.91 Å². The molecule has 1 atom stereocenters. The SMILES string of the molecule is O=C(NN=Cc1ccc([N+](=O)[O-])cc1)C1CCCC12OCCO2. The molecular weight excluding hydrogens is 302 g/mol. The molecule has 23 heavy (non-hydrogen) atoms. The second kappa shape index (κ2) is 6.43. The van der Waals surface area contributed by atoms with Gasteiger partial charge in [-0.3, -0.25) is 14.9 Å². The van der Waals surface area contributed by atoms with E-state index in [1.165, 1.54) is 18.3 Å². The first kappa shape index (κ1) is 15.6. The van der Waals surface area contributed by atoms with Crippen LogP contribution in [0.2, 0.25) is 0 Å².